The largest absolute Gasteiger partial charge is 0.480 e. The molecule has 1 fully saturated rings. The normalized spacial score (nSPS) is 14.7. The lowest BCUT2D eigenvalue weighted by Crippen LogP contribution is -2.60. The van der Waals surface area contributed by atoms with E-state index in [1.807, 2.05) is 66.7 Å². The number of fused-ring (bicyclic) bond motifs is 1. The van der Waals surface area contributed by atoms with Gasteiger partial charge in [0.2, 0.25) is 5.91 Å². The quantitative estimate of drug-likeness (QED) is 0.556. The van der Waals surface area contributed by atoms with Crippen molar-refractivity contribution in [1.29, 1.82) is 0 Å². The summed E-state index contributed by atoms with van der Waals surface area (Å²) in [5.74, 6) is -1.80. The number of amides is 2. The van der Waals surface area contributed by atoms with E-state index in [0.29, 0.717) is 17.7 Å². The number of benzene rings is 2. The summed E-state index contributed by atoms with van der Waals surface area (Å²) in [5, 5.41) is 15.1. The van der Waals surface area contributed by atoms with E-state index in [1.165, 1.54) is 11.3 Å². The number of carbonyl (C=O) groups is 3. The third-order valence-corrected chi connectivity index (χ3v) is 6.33. The first-order chi connectivity index (χ1) is 15.0. The molecule has 4 rings (SSSR count). The van der Waals surface area contributed by atoms with Crippen LogP contribution in [0.3, 0.4) is 0 Å². The van der Waals surface area contributed by atoms with Crippen molar-refractivity contribution in [3.8, 4) is 0 Å². The van der Waals surface area contributed by atoms with Crippen molar-refractivity contribution >= 4 is 39.2 Å². The van der Waals surface area contributed by atoms with Crippen LogP contribution in [0.2, 0.25) is 0 Å². The topological polar surface area (TPSA) is 95.5 Å². The maximum absolute atomic E-state index is 12.7. The van der Waals surface area contributed by atoms with Crippen molar-refractivity contribution in [3.05, 3.63) is 71.6 Å². The SMILES string of the molecule is O=C(O)CNC(=O)C1(NC(=O)c2cc3ccccc3s2)CCCCC1.c1ccccc1. The minimum Gasteiger partial charge on any atom is -0.480 e. The van der Waals surface area contributed by atoms with E-state index in [-0.39, 0.29) is 5.91 Å². The van der Waals surface area contributed by atoms with Crippen LogP contribution in [0.1, 0.15) is 41.8 Å². The van der Waals surface area contributed by atoms with Gasteiger partial charge in [-0.25, -0.2) is 0 Å². The van der Waals surface area contributed by atoms with Crippen LogP contribution in [-0.4, -0.2) is 35.0 Å². The van der Waals surface area contributed by atoms with Gasteiger partial charge in [-0.3, -0.25) is 14.4 Å². The summed E-state index contributed by atoms with van der Waals surface area (Å²) in [6, 6.07) is 21.5. The molecule has 0 aliphatic heterocycles. The van der Waals surface area contributed by atoms with Gasteiger partial charge >= 0.3 is 5.97 Å². The Morgan fingerprint density at radius 3 is 2.10 bits per heavy atom. The molecule has 1 heterocycles. The van der Waals surface area contributed by atoms with Crippen LogP contribution < -0.4 is 10.6 Å². The van der Waals surface area contributed by atoms with Gasteiger partial charge in [-0.1, -0.05) is 73.9 Å². The van der Waals surface area contributed by atoms with Gasteiger partial charge in [-0.05, 0) is 30.4 Å². The molecule has 7 heteroatoms. The number of aliphatic carboxylic acids is 1. The lowest BCUT2D eigenvalue weighted by molar-refractivity contribution is -0.139. The van der Waals surface area contributed by atoms with E-state index in [9.17, 15) is 14.4 Å². The van der Waals surface area contributed by atoms with Gasteiger partial charge in [-0.2, -0.15) is 0 Å². The molecule has 2 aromatic carbocycles. The maximum Gasteiger partial charge on any atom is 0.322 e. The highest BCUT2D eigenvalue weighted by Gasteiger charge is 2.41. The zero-order valence-corrected chi connectivity index (χ0v) is 18.0. The summed E-state index contributed by atoms with van der Waals surface area (Å²) in [6.07, 6.45) is 3.71. The van der Waals surface area contributed by atoms with Crippen LogP contribution in [0.25, 0.3) is 10.1 Å². The van der Waals surface area contributed by atoms with Crippen LogP contribution in [-0.2, 0) is 9.59 Å². The minimum absolute atomic E-state index is 0.284. The second kappa shape index (κ2) is 10.7. The Balaban J connectivity index is 0.000000391. The van der Waals surface area contributed by atoms with Gasteiger partial charge in [0.15, 0.2) is 0 Å². The molecular weight excluding hydrogens is 412 g/mol. The lowest BCUT2D eigenvalue weighted by atomic mass is 9.80. The predicted octanol–water partition coefficient (Wildman–Crippen LogP) is 4.22. The van der Waals surface area contributed by atoms with Gasteiger partial charge in [0.25, 0.3) is 5.91 Å². The van der Waals surface area contributed by atoms with Crippen molar-refractivity contribution in [2.75, 3.05) is 6.54 Å². The molecule has 2 amide bonds. The van der Waals surface area contributed by atoms with Crippen molar-refractivity contribution in [1.82, 2.24) is 10.6 Å². The highest BCUT2D eigenvalue weighted by atomic mass is 32.1. The van der Waals surface area contributed by atoms with Crippen molar-refractivity contribution in [3.63, 3.8) is 0 Å². The molecule has 1 aromatic heterocycles. The molecule has 0 spiro atoms. The minimum atomic E-state index is -1.10. The summed E-state index contributed by atoms with van der Waals surface area (Å²) >= 11 is 1.38. The average Bonchev–Trinajstić information content (AvgIpc) is 3.24. The summed E-state index contributed by atoms with van der Waals surface area (Å²) in [6.45, 7) is -0.445. The number of hydrogen-bond donors (Lipinski definition) is 3. The van der Waals surface area contributed by atoms with E-state index in [4.69, 9.17) is 5.11 Å². The zero-order valence-electron chi connectivity index (χ0n) is 17.2. The van der Waals surface area contributed by atoms with E-state index in [2.05, 4.69) is 10.6 Å². The molecule has 1 aliphatic rings. The molecule has 3 N–H and O–H groups in total. The first-order valence-corrected chi connectivity index (χ1v) is 11.1. The van der Waals surface area contributed by atoms with Crippen LogP contribution >= 0.6 is 11.3 Å². The molecule has 162 valence electrons. The Morgan fingerprint density at radius 1 is 0.903 bits per heavy atom. The fraction of sp³-hybridized carbons (Fsp3) is 0.292. The predicted molar refractivity (Wildman–Crippen MR) is 122 cm³/mol. The average molecular weight is 439 g/mol. The van der Waals surface area contributed by atoms with Crippen molar-refractivity contribution < 1.29 is 19.5 Å². The fourth-order valence-corrected chi connectivity index (χ4v) is 4.60. The molecule has 1 saturated carbocycles. The fourth-order valence-electron chi connectivity index (χ4n) is 3.65. The number of carboxylic acids is 1. The van der Waals surface area contributed by atoms with E-state index >= 15 is 0 Å². The van der Waals surface area contributed by atoms with Gasteiger partial charge in [0.1, 0.15) is 12.1 Å². The van der Waals surface area contributed by atoms with Gasteiger partial charge < -0.3 is 15.7 Å². The molecule has 31 heavy (non-hydrogen) atoms. The summed E-state index contributed by atoms with van der Waals surface area (Å²) < 4.78 is 1.01. The Morgan fingerprint density at radius 2 is 1.52 bits per heavy atom. The van der Waals surface area contributed by atoms with Crippen LogP contribution in [0.4, 0.5) is 0 Å². The summed E-state index contributed by atoms with van der Waals surface area (Å²) in [7, 11) is 0. The Kier molecular flexibility index (Phi) is 7.78. The van der Waals surface area contributed by atoms with Gasteiger partial charge in [0.05, 0.1) is 4.88 Å². The summed E-state index contributed by atoms with van der Waals surface area (Å²) in [5.41, 5.74) is -1.03. The van der Waals surface area contributed by atoms with E-state index in [1.54, 1.807) is 0 Å². The number of thiophene rings is 1. The van der Waals surface area contributed by atoms with Gasteiger partial charge in [0, 0.05) is 4.70 Å². The monoisotopic (exact) mass is 438 g/mol. The lowest BCUT2D eigenvalue weighted by Gasteiger charge is -2.36. The molecule has 0 radical (unpaired) electrons. The van der Waals surface area contributed by atoms with Crippen molar-refractivity contribution in [2.24, 2.45) is 0 Å². The number of carboxylic acid groups (broad SMARTS) is 1. The maximum atomic E-state index is 12.7. The van der Waals surface area contributed by atoms with Crippen molar-refractivity contribution in [2.45, 2.75) is 37.6 Å². The molecule has 3 aromatic rings. The Labute approximate surface area is 185 Å². The second-order valence-electron chi connectivity index (χ2n) is 7.48. The molecule has 0 saturated heterocycles. The molecule has 0 unspecified atom stereocenters. The van der Waals surface area contributed by atoms with E-state index < -0.39 is 24.0 Å². The first kappa shape index (κ1) is 22.5. The number of hydrogen-bond acceptors (Lipinski definition) is 4. The zero-order chi connectivity index (χ0) is 22.1. The summed E-state index contributed by atoms with van der Waals surface area (Å²) in [4.78, 5) is 36.6. The molecule has 0 atom stereocenters. The Hall–Kier alpha value is -3.19. The highest BCUT2D eigenvalue weighted by molar-refractivity contribution is 7.20. The second-order valence-corrected chi connectivity index (χ2v) is 8.56. The Bertz CT molecular complexity index is 967. The van der Waals surface area contributed by atoms with Crippen LogP contribution in [0, 0.1) is 0 Å². The third kappa shape index (κ3) is 6.15. The number of nitrogens with one attached hydrogen (secondary N) is 2. The third-order valence-electron chi connectivity index (χ3n) is 5.21. The first-order valence-electron chi connectivity index (χ1n) is 10.3. The molecule has 1 aliphatic carbocycles. The molecule has 6 nitrogen and oxygen atoms in total. The molecule has 0 bridgehead atoms. The molecular formula is C24H26N2O4S. The van der Waals surface area contributed by atoms with Crippen LogP contribution in [0.15, 0.2) is 66.7 Å². The van der Waals surface area contributed by atoms with Crippen LogP contribution in [0.5, 0.6) is 0 Å². The number of carbonyl (C=O) groups excluding carboxylic acids is 2. The highest BCUT2D eigenvalue weighted by Crippen LogP contribution is 2.30. The smallest absolute Gasteiger partial charge is 0.322 e. The van der Waals surface area contributed by atoms with Gasteiger partial charge in [-0.15, -0.1) is 11.3 Å². The number of rotatable bonds is 5. The standard InChI is InChI=1S/C18H20N2O4S.C6H6/c21-15(22)11-19-17(24)18(8-4-1-5-9-18)20-16(23)14-10-12-6-2-3-7-13(12)25-14;1-2-4-6-5-3-1/h2-3,6-7,10H,1,4-5,8-9,11H2,(H,19,24)(H,20,23)(H,21,22);1-6H. The van der Waals surface area contributed by atoms with E-state index in [0.717, 1.165) is 29.3 Å².